The second-order valence-corrected chi connectivity index (χ2v) is 6.66. The number of halogens is 3. The van der Waals surface area contributed by atoms with E-state index in [1.165, 1.54) is 17.7 Å². The van der Waals surface area contributed by atoms with Crippen LogP contribution in [-0.4, -0.2) is 4.98 Å². The van der Waals surface area contributed by atoms with Crippen LogP contribution in [0.5, 0.6) is 5.75 Å². The van der Waals surface area contributed by atoms with Crippen molar-refractivity contribution in [3.05, 3.63) is 83.6 Å². The topological polar surface area (TPSA) is 22.1 Å². The van der Waals surface area contributed by atoms with Gasteiger partial charge >= 0.3 is 6.18 Å². The van der Waals surface area contributed by atoms with E-state index >= 15 is 0 Å². The minimum absolute atomic E-state index is 0.210. The normalized spacial score (nSPS) is 11.4. The van der Waals surface area contributed by atoms with E-state index in [0.717, 1.165) is 42.7 Å². The SMILES string of the molecule is CCCCc1ccc(-c2ccc(OCc3ccc(C(F)(F)F)cc3)cc2)nc1. The third-order valence-corrected chi connectivity index (χ3v) is 4.48. The van der Waals surface area contributed by atoms with Gasteiger partial charge < -0.3 is 4.74 Å². The number of pyridine rings is 1. The Labute approximate surface area is 163 Å². The molecule has 2 nitrogen and oxygen atoms in total. The van der Waals surface area contributed by atoms with Crippen LogP contribution in [0.15, 0.2) is 66.9 Å². The molecular weight excluding hydrogens is 363 g/mol. The molecule has 0 aliphatic rings. The minimum atomic E-state index is -4.32. The Morgan fingerprint density at radius 1 is 0.857 bits per heavy atom. The molecule has 0 saturated carbocycles. The highest BCUT2D eigenvalue weighted by atomic mass is 19.4. The van der Waals surface area contributed by atoms with Crippen molar-refractivity contribution in [2.45, 2.75) is 39.0 Å². The van der Waals surface area contributed by atoms with E-state index in [1.807, 2.05) is 36.5 Å². The maximum atomic E-state index is 12.6. The molecule has 0 amide bonds. The van der Waals surface area contributed by atoms with Crippen molar-refractivity contribution < 1.29 is 17.9 Å². The maximum absolute atomic E-state index is 12.6. The summed E-state index contributed by atoms with van der Waals surface area (Å²) in [5.41, 5.74) is 3.15. The van der Waals surface area contributed by atoms with Gasteiger partial charge in [-0.05, 0) is 66.4 Å². The van der Waals surface area contributed by atoms with Crippen LogP contribution in [0.3, 0.4) is 0 Å². The van der Waals surface area contributed by atoms with E-state index in [2.05, 4.69) is 18.0 Å². The first-order chi connectivity index (χ1) is 13.5. The number of ether oxygens (including phenoxy) is 1. The van der Waals surface area contributed by atoms with Gasteiger partial charge in [-0.25, -0.2) is 0 Å². The van der Waals surface area contributed by atoms with Crippen LogP contribution in [0.1, 0.15) is 36.5 Å². The van der Waals surface area contributed by atoms with Crippen LogP contribution in [0.2, 0.25) is 0 Å². The molecular formula is C23H22F3NO. The second kappa shape index (κ2) is 8.91. The summed E-state index contributed by atoms with van der Waals surface area (Å²) >= 11 is 0. The van der Waals surface area contributed by atoms with Gasteiger partial charge in [-0.3, -0.25) is 4.98 Å². The van der Waals surface area contributed by atoms with Crippen LogP contribution in [0, 0.1) is 0 Å². The molecule has 5 heteroatoms. The first kappa shape index (κ1) is 19.9. The first-order valence-electron chi connectivity index (χ1n) is 9.30. The summed E-state index contributed by atoms with van der Waals surface area (Å²) in [6.45, 7) is 2.38. The molecule has 0 aliphatic heterocycles. The molecule has 0 atom stereocenters. The fraction of sp³-hybridized carbons (Fsp3) is 0.261. The van der Waals surface area contributed by atoms with E-state index in [9.17, 15) is 13.2 Å². The smallest absolute Gasteiger partial charge is 0.416 e. The molecule has 0 bridgehead atoms. The number of rotatable bonds is 7. The molecule has 1 aromatic heterocycles. The number of benzene rings is 2. The van der Waals surface area contributed by atoms with Crippen molar-refractivity contribution in [2.75, 3.05) is 0 Å². The van der Waals surface area contributed by atoms with Gasteiger partial charge in [-0.1, -0.05) is 31.5 Å². The second-order valence-electron chi connectivity index (χ2n) is 6.66. The zero-order valence-electron chi connectivity index (χ0n) is 15.7. The standard InChI is InChI=1S/C23H22F3NO/c1-2-3-4-17-7-14-22(27-15-17)19-8-12-21(13-9-19)28-16-18-5-10-20(11-6-18)23(24,25)26/h5-15H,2-4,16H2,1H3. The fourth-order valence-electron chi connectivity index (χ4n) is 2.80. The van der Waals surface area contributed by atoms with Gasteiger partial charge in [0.2, 0.25) is 0 Å². The summed E-state index contributed by atoms with van der Waals surface area (Å²) in [5.74, 6) is 0.656. The monoisotopic (exact) mass is 385 g/mol. The average molecular weight is 385 g/mol. The molecule has 3 rings (SSSR count). The Bertz CT molecular complexity index is 870. The number of hydrogen-bond acceptors (Lipinski definition) is 2. The van der Waals surface area contributed by atoms with Crippen molar-refractivity contribution >= 4 is 0 Å². The Morgan fingerprint density at radius 2 is 1.54 bits per heavy atom. The van der Waals surface area contributed by atoms with Gasteiger partial charge in [0.25, 0.3) is 0 Å². The van der Waals surface area contributed by atoms with Crippen LogP contribution >= 0.6 is 0 Å². The summed E-state index contributed by atoms with van der Waals surface area (Å²) in [6.07, 6.45) is 0.958. The number of aromatic nitrogens is 1. The zero-order valence-corrected chi connectivity index (χ0v) is 15.7. The quantitative estimate of drug-likeness (QED) is 0.452. The highest BCUT2D eigenvalue weighted by Gasteiger charge is 2.29. The van der Waals surface area contributed by atoms with Gasteiger partial charge in [0, 0.05) is 11.8 Å². The highest BCUT2D eigenvalue weighted by Crippen LogP contribution is 2.29. The Balaban J connectivity index is 1.58. The van der Waals surface area contributed by atoms with Crippen molar-refractivity contribution in [3.8, 4) is 17.0 Å². The molecule has 0 fully saturated rings. The lowest BCUT2D eigenvalue weighted by Crippen LogP contribution is -2.05. The highest BCUT2D eigenvalue weighted by molar-refractivity contribution is 5.60. The molecule has 1 heterocycles. The summed E-state index contributed by atoms with van der Waals surface area (Å²) < 4.78 is 43.4. The number of nitrogens with zero attached hydrogens (tertiary/aromatic N) is 1. The van der Waals surface area contributed by atoms with Gasteiger partial charge in [0.1, 0.15) is 12.4 Å². The van der Waals surface area contributed by atoms with E-state index in [4.69, 9.17) is 4.74 Å². The Kier molecular flexibility index (Phi) is 6.34. The first-order valence-corrected chi connectivity index (χ1v) is 9.30. The van der Waals surface area contributed by atoms with Crippen molar-refractivity contribution in [3.63, 3.8) is 0 Å². The van der Waals surface area contributed by atoms with Crippen molar-refractivity contribution in [1.82, 2.24) is 4.98 Å². The summed E-state index contributed by atoms with van der Waals surface area (Å²) in [5, 5.41) is 0. The predicted octanol–water partition coefficient (Wildman–Crippen LogP) is 6.69. The maximum Gasteiger partial charge on any atom is 0.416 e. The molecule has 146 valence electrons. The van der Waals surface area contributed by atoms with E-state index < -0.39 is 11.7 Å². The number of alkyl halides is 3. The van der Waals surface area contributed by atoms with Crippen LogP contribution in [-0.2, 0) is 19.2 Å². The molecule has 2 aromatic carbocycles. The van der Waals surface area contributed by atoms with Crippen LogP contribution < -0.4 is 4.74 Å². The third-order valence-electron chi connectivity index (χ3n) is 4.48. The number of hydrogen-bond donors (Lipinski definition) is 0. The largest absolute Gasteiger partial charge is 0.489 e. The minimum Gasteiger partial charge on any atom is -0.489 e. The van der Waals surface area contributed by atoms with Crippen LogP contribution in [0.25, 0.3) is 11.3 Å². The third kappa shape index (κ3) is 5.35. The number of aryl methyl sites for hydroxylation is 1. The Morgan fingerprint density at radius 3 is 2.11 bits per heavy atom. The van der Waals surface area contributed by atoms with Gasteiger partial charge in [-0.15, -0.1) is 0 Å². The lowest BCUT2D eigenvalue weighted by molar-refractivity contribution is -0.137. The van der Waals surface area contributed by atoms with E-state index in [0.29, 0.717) is 11.3 Å². The van der Waals surface area contributed by atoms with Gasteiger partial charge in [-0.2, -0.15) is 13.2 Å². The summed E-state index contributed by atoms with van der Waals surface area (Å²) in [6, 6.07) is 16.7. The van der Waals surface area contributed by atoms with Gasteiger partial charge in [0.15, 0.2) is 0 Å². The van der Waals surface area contributed by atoms with Crippen molar-refractivity contribution in [1.29, 1.82) is 0 Å². The molecule has 0 aliphatic carbocycles. The lowest BCUT2D eigenvalue weighted by Gasteiger charge is -2.10. The molecule has 0 unspecified atom stereocenters. The van der Waals surface area contributed by atoms with E-state index in [1.54, 1.807) is 0 Å². The molecule has 0 saturated heterocycles. The fourth-order valence-corrected chi connectivity index (χ4v) is 2.80. The molecule has 28 heavy (non-hydrogen) atoms. The summed E-state index contributed by atoms with van der Waals surface area (Å²) in [4.78, 5) is 4.52. The van der Waals surface area contributed by atoms with E-state index in [-0.39, 0.29) is 6.61 Å². The zero-order chi connectivity index (χ0) is 20.0. The molecule has 3 aromatic rings. The number of unbranched alkanes of at least 4 members (excludes halogenated alkanes) is 1. The Hall–Kier alpha value is -2.82. The molecule has 0 N–H and O–H groups in total. The van der Waals surface area contributed by atoms with Crippen molar-refractivity contribution in [2.24, 2.45) is 0 Å². The molecule has 0 radical (unpaired) electrons. The predicted molar refractivity (Wildman–Crippen MR) is 104 cm³/mol. The van der Waals surface area contributed by atoms with Crippen LogP contribution in [0.4, 0.5) is 13.2 Å². The lowest BCUT2D eigenvalue weighted by atomic mass is 10.1. The molecule has 0 spiro atoms. The average Bonchev–Trinajstić information content (AvgIpc) is 2.71. The summed E-state index contributed by atoms with van der Waals surface area (Å²) in [7, 11) is 0. The van der Waals surface area contributed by atoms with Gasteiger partial charge in [0.05, 0.1) is 11.3 Å².